The van der Waals surface area contributed by atoms with Crippen molar-refractivity contribution in [2.45, 2.75) is 13.8 Å². The number of hydrogen-bond donors (Lipinski definition) is 0. The Bertz CT molecular complexity index is 605. The molecule has 0 aliphatic rings. The van der Waals surface area contributed by atoms with Crippen LogP contribution in [0.25, 0.3) is 0 Å². The van der Waals surface area contributed by atoms with Crippen molar-refractivity contribution in [3.05, 3.63) is 70.3 Å². The SMILES string of the molecule is Cc1ccc(C#Cc2cc(F)c(C)c(F)c2)cc1. The van der Waals surface area contributed by atoms with Crippen molar-refractivity contribution in [3.63, 3.8) is 0 Å². The Kier molecular flexibility index (Phi) is 3.43. The normalized spacial score (nSPS) is 9.78. The molecule has 0 saturated carbocycles. The van der Waals surface area contributed by atoms with E-state index in [1.165, 1.54) is 19.1 Å². The Balaban J connectivity index is 2.33. The van der Waals surface area contributed by atoms with E-state index in [9.17, 15) is 8.78 Å². The molecule has 0 heterocycles. The average molecular weight is 242 g/mol. The van der Waals surface area contributed by atoms with Gasteiger partial charge in [-0.05, 0) is 38.1 Å². The topological polar surface area (TPSA) is 0 Å². The highest BCUT2D eigenvalue weighted by Crippen LogP contribution is 2.13. The van der Waals surface area contributed by atoms with E-state index >= 15 is 0 Å². The fourth-order valence-electron chi connectivity index (χ4n) is 1.50. The first-order valence-electron chi connectivity index (χ1n) is 5.60. The molecule has 2 heteroatoms. The second kappa shape index (κ2) is 5.01. The number of benzene rings is 2. The maximum atomic E-state index is 13.3. The number of hydrogen-bond acceptors (Lipinski definition) is 0. The van der Waals surface area contributed by atoms with E-state index in [0.29, 0.717) is 5.56 Å². The standard InChI is InChI=1S/C16H12F2/c1-11-3-5-13(6-4-11)7-8-14-9-15(17)12(2)16(18)10-14/h3-6,9-10H,1-2H3. The van der Waals surface area contributed by atoms with Crippen LogP contribution in [0.2, 0.25) is 0 Å². The Hall–Kier alpha value is -2.14. The van der Waals surface area contributed by atoms with Gasteiger partial charge in [0, 0.05) is 16.7 Å². The van der Waals surface area contributed by atoms with E-state index in [4.69, 9.17) is 0 Å². The molecule has 18 heavy (non-hydrogen) atoms. The van der Waals surface area contributed by atoms with Gasteiger partial charge in [0.2, 0.25) is 0 Å². The molecule has 0 radical (unpaired) electrons. The number of halogens is 2. The lowest BCUT2D eigenvalue weighted by atomic mass is 10.1. The molecule has 0 bridgehead atoms. The predicted octanol–water partition coefficient (Wildman–Crippen LogP) is 3.98. The highest BCUT2D eigenvalue weighted by Gasteiger charge is 2.04. The summed E-state index contributed by atoms with van der Waals surface area (Å²) >= 11 is 0. The molecule has 2 aromatic carbocycles. The van der Waals surface area contributed by atoms with E-state index < -0.39 is 11.6 Å². The molecular weight excluding hydrogens is 230 g/mol. The zero-order valence-electron chi connectivity index (χ0n) is 10.2. The van der Waals surface area contributed by atoms with E-state index in [-0.39, 0.29) is 5.56 Å². The van der Waals surface area contributed by atoms with Crippen LogP contribution in [0.4, 0.5) is 8.78 Å². The van der Waals surface area contributed by atoms with Crippen LogP contribution in [-0.2, 0) is 0 Å². The van der Waals surface area contributed by atoms with Crippen molar-refractivity contribution >= 4 is 0 Å². The second-order valence-electron chi connectivity index (χ2n) is 4.18. The average Bonchev–Trinajstić information content (AvgIpc) is 2.35. The molecule has 0 amide bonds. The summed E-state index contributed by atoms with van der Waals surface area (Å²) in [5.41, 5.74) is 2.34. The molecule has 2 rings (SSSR count). The summed E-state index contributed by atoms with van der Waals surface area (Å²) in [6, 6.07) is 10.1. The summed E-state index contributed by atoms with van der Waals surface area (Å²) in [6.07, 6.45) is 0. The first-order valence-corrected chi connectivity index (χ1v) is 5.60. The van der Waals surface area contributed by atoms with Gasteiger partial charge in [0.25, 0.3) is 0 Å². The Labute approximate surface area is 105 Å². The maximum absolute atomic E-state index is 13.3. The fourth-order valence-corrected chi connectivity index (χ4v) is 1.50. The van der Waals surface area contributed by atoms with E-state index in [1.54, 1.807) is 0 Å². The minimum Gasteiger partial charge on any atom is -0.207 e. The molecular formula is C16H12F2. The number of rotatable bonds is 0. The van der Waals surface area contributed by atoms with Crippen molar-refractivity contribution in [2.75, 3.05) is 0 Å². The van der Waals surface area contributed by atoms with Crippen molar-refractivity contribution in [3.8, 4) is 11.8 Å². The Morgan fingerprint density at radius 2 is 1.28 bits per heavy atom. The summed E-state index contributed by atoms with van der Waals surface area (Å²) in [7, 11) is 0. The third-order valence-corrected chi connectivity index (χ3v) is 2.68. The smallest absolute Gasteiger partial charge is 0.130 e. The molecule has 0 unspecified atom stereocenters. The van der Waals surface area contributed by atoms with Crippen molar-refractivity contribution in [2.24, 2.45) is 0 Å². The van der Waals surface area contributed by atoms with E-state index in [2.05, 4.69) is 11.8 Å². The Morgan fingerprint density at radius 3 is 1.83 bits per heavy atom. The lowest BCUT2D eigenvalue weighted by Crippen LogP contribution is -1.90. The molecule has 0 saturated heterocycles. The highest BCUT2D eigenvalue weighted by atomic mass is 19.1. The van der Waals surface area contributed by atoms with Crippen LogP contribution < -0.4 is 0 Å². The molecule has 0 aromatic heterocycles. The Morgan fingerprint density at radius 1 is 0.778 bits per heavy atom. The molecule has 2 aromatic rings. The zero-order valence-corrected chi connectivity index (χ0v) is 10.2. The summed E-state index contributed by atoms with van der Waals surface area (Å²) in [5.74, 6) is 4.51. The van der Waals surface area contributed by atoms with E-state index in [0.717, 1.165) is 11.1 Å². The minimum atomic E-state index is -0.566. The van der Waals surface area contributed by atoms with E-state index in [1.807, 2.05) is 31.2 Å². The molecule has 0 spiro atoms. The predicted molar refractivity (Wildman–Crippen MR) is 68.3 cm³/mol. The maximum Gasteiger partial charge on any atom is 0.130 e. The summed E-state index contributed by atoms with van der Waals surface area (Å²) in [5, 5.41) is 0. The van der Waals surface area contributed by atoms with Gasteiger partial charge in [-0.3, -0.25) is 0 Å². The van der Waals surface area contributed by atoms with Gasteiger partial charge >= 0.3 is 0 Å². The first-order chi connectivity index (χ1) is 8.56. The van der Waals surface area contributed by atoms with Crippen molar-refractivity contribution in [1.82, 2.24) is 0 Å². The molecule has 0 aliphatic carbocycles. The largest absolute Gasteiger partial charge is 0.207 e. The fraction of sp³-hybridized carbons (Fsp3) is 0.125. The monoisotopic (exact) mass is 242 g/mol. The van der Waals surface area contributed by atoms with Crippen LogP contribution in [-0.4, -0.2) is 0 Å². The first kappa shape index (κ1) is 12.3. The van der Waals surface area contributed by atoms with Crippen LogP contribution >= 0.6 is 0 Å². The zero-order chi connectivity index (χ0) is 13.1. The van der Waals surface area contributed by atoms with Crippen LogP contribution in [0, 0.1) is 37.3 Å². The molecule has 0 atom stereocenters. The molecule has 0 nitrogen and oxygen atoms in total. The summed E-state index contributed by atoms with van der Waals surface area (Å²) in [6.45, 7) is 3.39. The second-order valence-corrected chi connectivity index (χ2v) is 4.18. The highest BCUT2D eigenvalue weighted by molar-refractivity contribution is 5.44. The van der Waals surface area contributed by atoms with Crippen LogP contribution in [0.3, 0.4) is 0 Å². The lowest BCUT2D eigenvalue weighted by molar-refractivity contribution is 0.567. The summed E-state index contributed by atoms with van der Waals surface area (Å²) < 4.78 is 26.6. The van der Waals surface area contributed by atoms with Gasteiger partial charge in [-0.25, -0.2) is 8.78 Å². The van der Waals surface area contributed by atoms with Gasteiger partial charge in [-0.1, -0.05) is 29.5 Å². The minimum absolute atomic E-state index is 0.0240. The van der Waals surface area contributed by atoms with Gasteiger partial charge in [0.15, 0.2) is 0 Å². The van der Waals surface area contributed by atoms with Crippen molar-refractivity contribution in [1.29, 1.82) is 0 Å². The molecule has 0 N–H and O–H groups in total. The van der Waals surface area contributed by atoms with Gasteiger partial charge < -0.3 is 0 Å². The molecule has 0 fully saturated rings. The third-order valence-electron chi connectivity index (χ3n) is 2.68. The van der Waals surface area contributed by atoms with Crippen LogP contribution in [0.5, 0.6) is 0 Å². The quantitative estimate of drug-likeness (QED) is 0.613. The van der Waals surface area contributed by atoms with Crippen LogP contribution in [0.1, 0.15) is 22.3 Å². The number of aryl methyl sites for hydroxylation is 1. The van der Waals surface area contributed by atoms with Crippen molar-refractivity contribution < 1.29 is 8.78 Å². The van der Waals surface area contributed by atoms with Gasteiger partial charge in [-0.15, -0.1) is 0 Å². The molecule has 90 valence electrons. The van der Waals surface area contributed by atoms with Gasteiger partial charge in [0.1, 0.15) is 11.6 Å². The van der Waals surface area contributed by atoms with Gasteiger partial charge in [0.05, 0.1) is 0 Å². The van der Waals surface area contributed by atoms with Gasteiger partial charge in [-0.2, -0.15) is 0 Å². The lowest BCUT2D eigenvalue weighted by Gasteiger charge is -1.99. The van der Waals surface area contributed by atoms with Crippen LogP contribution in [0.15, 0.2) is 36.4 Å². The molecule has 0 aliphatic heterocycles. The third kappa shape index (κ3) is 2.75. The summed E-state index contributed by atoms with van der Waals surface area (Å²) in [4.78, 5) is 0.